The predicted molar refractivity (Wildman–Crippen MR) is 195 cm³/mol. The number of aliphatic hydroxyl groups is 2. The standard InChI is InChI=1S/C42H48O12/c1-23-30(46)21-32(50-25(3)43)41(8)35(23)37(51-26(4)44)42(40(6,7)49)22-31(53-33(47)20-19-28-15-11-9-12-16-28)24(2)34(42)36(38(41)52-27(5)45)54-39(48)29-17-13-10-14-18-29/h9-20,30-32,35-38,46,49H,1,21-22H2,2-8H3/t30-,31-,32-,35?,36+,37-,38-,41+,42-/m0/s1. The number of ether oxygens (including phenoxy) is 5. The molecular weight excluding hydrogens is 696 g/mol. The number of hydrogen-bond acceptors (Lipinski definition) is 12. The number of carbonyl (C=O) groups is 5. The van der Waals surface area contributed by atoms with E-state index < -0.39 is 88.8 Å². The highest BCUT2D eigenvalue weighted by atomic mass is 16.6. The average molecular weight is 745 g/mol. The van der Waals surface area contributed by atoms with E-state index in [1.165, 1.54) is 52.8 Å². The summed E-state index contributed by atoms with van der Waals surface area (Å²) in [7, 11) is 0. The molecule has 0 saturated heterocycles. The Balaban J connectivity index is 1.83. The first-order valence-electron chi connectivity index (χ1n) is 17.8. The zero-order valence-corrected chi connectivity index (χ0v) is 31.6. The Bertz CT molecular complexity index is 1860. The largest absolute Gasteiger partial charge is 0.462 e. The molecule has 9 atom stereocenters. The van der Waals surface area contributed by atoms with Gasteiger partial charge in [-0.3, -0.25) is 14.4 Å². The molecule has 1 unspecified atom stereocenters. The lowest BCUT2D eigenvalue weighted by Crippen LogP contribution is -2.64. The molecule has 0 amide bonds. The van der Waals surface area contributed by atoms with Gasteiger partial charge in [-0.2, -0.15) is 0 Å². The van der Waals surface area contributed by atoms with Crippen LogP contribution in [0.2, 0.25) is 0 Å². The molecule has 54 heavy (non-hydrogen) atoms. The molecule has 3 aliphatic carbocycles. The molecule has 288 valence electrons. The molecule has 2 aromatic carbocycles. The molecular formula is C42H48O12. The minimum atomic E-state index is -1.87. The molecule has 3 aliphatic rings. The van der Waals surface area contributed by atoms with Crippen LogP contribution in [-0.2, 0) is 42.9 Å². The van der Waals surface area contributed by atoms with Gasteiger partial charge in [0.25, 0.3) is 0 Å². The van der Waals surface area contributed by atoms with Gasteiger partial charge in [0, 0.05) is 45.6 Å². The summed E-state index contributed by atoms with van der Waals surface area (Å²) < 4.78 is 30.7. The van der Waals surface area contributed by atoms with Crippen molar-refractivity contribution in [2.45, 2.75) is 104 Å². The Hall–Kier alpha value is -5.07. The molecule has 12 nitrogen and oxygen atoms in total. The van der Waals surface area contributed by atoms with Crippen LogP contribution >= 0.6 is 0 Å². The van der Waals surface area contributed by atoms with Crippen LogP contribution in [0.4, 0.5) is 0 Å². The van der Waals surface area contributed by atoms with Crippen LogP contribution in [0.3, 0.4) is 0 Å². The molecule has 5 rings (SSSR count). The normalized spacial score (nSPS) is 30.8. The van der Waals surface area contributed by atoms with Crippen molar-refractivity contribution in [3.05, 3.63) is 101 Å². The summed E-state index contributed by atoms with van der Waals surface area (Å²) >= 11 is 0. The Labute approximate surface area is 314 Å². The van der Waals surface area contributed by atoms with Gasteiger partial charge < -0.3 is 33.9 Å². The molecule has 0 bridgehead atoms. The third-order valence-electron chi connectivity index (χ3n) is 11.2. The second-order valence-electron chi connectivity index (χ2n) is 15.0. The van der Waals surface area contributed by atoms with Gasteiger partial charge in [-0.05, 0) is 61.3 Å². The number of rotatable bonds is 9. The van der Waals surface area contributed by atoms with Crippen molar-refractivity contribution in [3.63, 3.8) is 0 Å². The smallest absolute Gasteiger partial charge is 0.338 e. The van der Waals surface area contributed by atoms with Gasteiger partial charge in [0.2, 0.25) is 0 Å². The minimum absolute atomic E-state index is 0.145. The van der Waals surface area contributed by atoms with E-state index in [9.17, 15) is 34.2 Å². The zero-order chi connectivity index (χ0) is 39.7. The van der Waals surface area contributed by atoms with E-state index in [0.29, 0.717) is 5.57 Å². The van der Waals surface area contributed by atoms with E-state index in [0.717, 1.165) is 5.56 Å². The fourth-order valence-corrected chi connectivity index (χ4v) is 8.82. The fourth-order valence-electron chi connectivity index (χ4n) is 8.82. The minimum Gasteiger partial charge on any atom is -0.462 e. The third-order valence-corrected chi connectivity index (χ3v) is 11.2. The number of aliphatic hydroxyl groups excluding tert-OH is 1. The number of benzene rings is 2. The highest BCUT2D eigenvalue weighted by Crippen LogP contribution is 2.66. The summed E-state index contributed by atoms with van der Waals surface area (Å²) in [4.78, 5) is 66.6. The van der Waals surface area contributed by atoms with E-state index in [1.54, 1.807) is 38.1 Å². The van der Waals surface area contributed by atoms with Crippen molar-refractivity contribution < 1.29 is 57.9 Å². The van der Waals surface area contributed by atoms with Crippen LogP contribution in [0.5, 0.6) is 0 Å². The molecule has 2 N–H and O–H groups in total. The number of carbonyl (C=O) groups excluding carboxylic acids is 5. The Morgan fingerprint density at radius 2 is 1.39 bits per heavy atom. The number of hydrogen-bond donors (Lipinski definition) is 2. The molecule has 0 heterocycles. The SMILES string of the molecule is C=C1C2[C@H](OC(C)=O)[C@]3(C(C)(C)O)C[C@H](OC(=O)C=Cc4ccccc4)C(C)=C3[C@@H](OC(=O)c3ccccc3)[C@H](OC(C)=O)[C@]2(C)[C@@H](OC(C)=O)C[C@@H]1O. The van der Waals surface area contributed by atoms with Gasteiger partial charge in [0.05, 0.1) is 28.1 Å². The number of fused-ring (bicyclic) bond motifs is 2. The lowest BCUT2D eigenvalue weighted by molar-refractivity contribution is -0.214. The van der Waals surface area contributed by atoms with Crippen LogP contribution < -0.4 is 0 Å². The van der Waals surface area contributed by atoms with Crippen molar-refractivity contribution in [3.8, 4) is 0 Å². The third kappa shape index (κ3) is 7.37. The van der Waals surface area contributed by atoms with Crippen LogP contribution in [-0.4, -0.2) is 82.3 Å². The first-order valence-corrected chi connectivity index (χ1v) is 17.8. The highest BCUT2D eigenvalue weighted by Gasteiger charge is 2.74. The fraction of sp³-hybridized carbons (Fsp3) is 0.452. The summed E-state index contributed by atoms with van der Waals surface area (Å²) in [6, 6.07) is 17.2. The van der Waals surface area contributed by atoms with Gasteiger partial charge in [0.15, 0.2) is 12.2 Å². The Morgan fingerprint density at radius 3 is 1.94 bits per heavy atom. The predicted octanol–water partition coefficient (Wildman–Crippen LogP) is 5.07. The molecule has 0 spiro atoms. The topological polar surface area (TPSA) is 172 Å². The summed E-state index contributed by atoms with van der Waals surface area (Å²) in [5, 5.41) is 24.0. The summed E-state index contributed by atoms with van der Waals surface area (Å²) in [6.45, 7) is 14.0. The molecule has 2 saturated carbocycles. The first-order chi connectivity index (χ1) is 25.3. The average Bonchev–Trinajstić information content (AvgIpc) is 3.36. The maximum Gasteiger partial charge on any atom is 0.338 e. The molecule has 2 aromatic rings. The monoisotopic (exact) mass is 744 g/mol. The van der Waals surface area contributed by atoms with Crippen molar-refractivity contribution in [1.82, 2.24) is 0 Å². The van der Waals surface area contributed by atoms with Crippen molar-refractivity contribution >= 4 is 35.9 Å². The summed E-state index contributed by atoms with van der Waals surface area (Å²) in [5.41, 5.74) is -3.68. The van der Waals surface area contributed by atoms with Crippen LogP contribution in [0.15, 0.2) is 90.0 Å². The van der Waals surface area contributed by atoms with E-state index >= 15 is 0 Å². The van der Waals surface area contributed by atoms with Crippen molar-refractivity contribution in [2.24, 2.45) is 16.7 Å². The molecule has 12 heteroatoms. The number of esters is 5. The molecule has 0 radical (unpaired) electrons. The second-order valence-corrected chi connectivity index (χ2v) is 15.0. The molecule has 0 aromatic heterocycles. The molecule has 2 fully saturated rings. The van der Waals surface area contributed by atoms with Crippen LogP contribution in [0.1, 0.15) is 77.2 Å². The maximum atomic E-state index is 14.1. The molecule has 0 aliphatic heterocycles. The zero-order valence-electron chi connectivity index (χ0n) is 31.6. The van der Waals surface area contributed by atoms with Gasteiger partial charge in [-0.25, -0.2) is 9.59 Å². The Morgan fingerprint density at radius 1 is 0.833 bits per heavy atom. The second kappa shape index (κ2) is 15.3. The lowest BCUT2D eigenvalue weighted by atomic mass is 9.54. The van der Waals surface area contributed by atoms with E-state index in [1.807, 2.05) is 30.3 Å². The Kier molecular flexibility index (Phi) is 11.4. The first kappa shape index (κ1) is 40.1. The van der Waals surface area contributed by atoms with Crippen molar-refractivity contribution in [1.29, 1.82) is 0 Å². The quantitative estimate of drug-likeness (QED) is 0.152. The van der Waals surface area contributed by atoms with E-state index in [2.05, 4.69) is 6.58 Å². The maximum absolute atomic E-state index is 14.1. The highest BCUT2D eigenvalue weighted by molar-refractivity contribution is 5.90. The summed E-state index contributed by atoms with van der Waals surface area (Å²) in [6.07, 6.45) is -5.62. The van der Waals surface area contributed by atoms with Gasteiger partial charge in [0.1, 0.15) is 18.3 Å². The van der Waals surface area contributed by atoms with E-state index in [-0.39, 0.29) is 29.6 Å². The van der Waals surface area contributed by atoms with Crippen molar-refractivity contribution in [2.75, 3.05) is 0 Å². The van der Waals surface area contributed by atoms with Crippen LogP contribution in [0.25, 0.3) is 6.08 Å². The summed E-state index contributed by atoms with van der Waals surface area (Å²) in [5.74, 6) is -5.02. The van der Waals surface area contributed by atoms with Gasteiger partial charge in [-0.15, -0.1) is 0 Å². The van der Waals surface area contributed by atoms with E-state index in [4.69, 9.17) is 23.7 Å². The lowest BCUT2D eigenvalue weighted by Gasteiger charge is -2.55. The van der Waals surface area contributed by atoms with Crippen LogP contribution in [0, 0.1) is 16.7 Å². The van der Waals surface area contributed by atoms with Gasteiger partial charge >= 0.3 is 29.8 Å². The van der Waals surface area contributed by atoms with Gasteiger partial charge in [-0.1, -0.05) is 62.0 Å².